The first kappa shape index (κ1) is 8.52. The Hall–Kier alpha value is -1.58. The maximum atomic E-state index is 9.29. The summed E-state index contributed by atoms with van der Waals surface area (Å²) in [6.07, 6.45) is 0. The number of rotatable bonds is 2. The van der Waals surface area contributed by atoms with Gasteiger partial charge in [-0.1, -0.05) is 0 Å². The lowest BCUT2D eigenvalue weighted by Gasteiger charge is -2.08. The summed E-state index contributed by atoms with van der Waals surface area (Å²) in [5, 5.41) is 9.29. The molecule has 4 nitrogen and oxygen atoms in total. The van der Waals surface area contributed by atoms with Gasteiger partial charge in [-0.25, -0.2) is 0 Å². The van der Waals surface area contributed by atoms with Crippen LogP contribution in [0, 0.1) is 0 Å². The number of anilines is 1. The lowest BCUT2D eigenvalue weighted by Crippen LogP contribution is -1.93. The molecule has 0 fully saturated rings. The first-order valence-electron chi connectivity index (χ1n) is 3.39. The summed E-state index contributed by atoms with van der Waals surface area (Å²) in [6, 6.07) is 2.92. The van der Waals surface area contributed by atoms with Gasteiger partial charge in [0.05, 0.1) is 19.9 Å². The molecule has 12 heavy (non-hydrogen) atoms. The highest BCUT2D eigenvalue weighted by atomic mass is 16.5. The van der Waals surface area contributed by atoms with Crippen molar-refractivity contribution in [3.63, 3.8) is 0 Å². The van der Waals surface area contributed by atoms with E-state index in [9.17, 15) is 5.11 Å². The third-order valence-corrected chi connectivity index (χ3v) is 1.53. The van der Waals surface area contributed by atoms with Crippen LogP contribution in [0.2, 0.25) is 0 Å². The van der Waals surface area contributed by atoms with Crippen molar-refractivity contribution in [2.45, 2.75) is 0 Å². The van der Waals surface area contributed by atoms with E-state index < -0.39 is 0 Å². The maximum Gasteiger partial charge on any atom is 0.162 e. The summed E-state index contributed by atoms with van der Waals surface area (Å²) in [4.78, 5) is 0. The van der Waals surface area contributed by atoms with Crippen LogP contribution in [-0.2, 0) is 0 Å². The molecule has 0 saturated carbocycles. The lowest BCUT2D eigenvalue weighted by atomic mass is 10.2. The highest BCUT2D eigenvalue weighted by molar-refractivity contribution is 5.61. The topological polar surface area (TPSA) is 64.7 Å². The molecule has 0 heterocycles. The molecule has 0 saturated heterocycles. The second kappa shape index (κ2) is 3.21. The molecule has 1 rings (SSSR count). The number of ether oxygens (including phenoxy) is 2. The third-order valence-electron chi connectivity index (χ3n) is 1.53. The molecular formula is C8H11NO3. The molecule has 0 unspecified atom stereocenters. The first-order valence-corrected chi connectivity index (χ1v) is 3.39. The maximum absolute atomic E-state index is 9.29. The van der Waals surface area contributed by atoms with Crippen molar-refractivity contribution >= 4 is 5.69 Å². The summed E-state index contributed by atoms with van der Waals surface area (Å²) < 4.78 is 9.72. The molecule has 0 aromatic heterocycles. The second-order valence-corrected chi connectivity index (χ2v) is 2.27. The number of methoxy groups -OCH3 is 2. The molecule has 0 aliphatic heterocycles. The molecule has 0 spiro atoms. The molecule has 1 aromatic rings. The van der Waals surface area contributed by atoms with Gasteiger partial charge < -0.3 is 20.3 Å². The number of aromatic hydroxyl groups is 1. The second-order valence-electron chi connectivity index (χ2n) is 2.27. The summed E-state index contributed by atoms with van der Waals surface area (Å²) in [5.74, 6) is 0.796. The van der Waals surface area contributed by atoms with Gasteiger partial charge in [0.1, 0.15) is 5.75 Å². The van der Waals surface area contributed by atoms with Crippen LogP contribution in [0.3, 0.4) is 0 Å². The molecule has 0 atom stereocenters. The summed E-state index contributed by atoms with van der Waals surface area (Å²) in [5.41, 5.74) is 6.00. The van der Waals surface area contributed by atoms with Crippen LogP contribution in [0.5, 0.6) is 17.2 Å². The highest BCUT2D eigenvalue weighted by Gasteiger charge is 2.06. The zero-order chi connectivity index (χ0) is 9.14. The molecule has 3 N–H and O–H groups in total. The minimum Gasteiger partial charge on any atom is -0.504 e. The minimum absolute atomic E-state index is 0.0172. The van der Waals surface area contributed by atoms with E-state index in [4.69, 9.17) is 15.2 Å². The average molecular weight is 169 g/mol. The number of nitrogens with two attached hydrogens (primary N) is 1. The van der Waals surface area contributed by atoms with Crippen molar-refractivity contribution in [2.24, 2.45) is 0 Å². The molecule has 0 aliphatic carbocycles. The smallest absolute Gasteiger partial charge is 0.162 e. The summed E-state index contributed by atoms with van der Waals surface area (Å²) in [6.45, 7) is 0. The number of hydrogen-bond acceptors (Lipinski definition) is 4. The first-order chi connectivity index (χ1) is 5.69. The van der Waals surface area contributed by atoms with Crippen molar-refractivity contribution < 1.29 is 14.6 Å². The lowest BCUT2D eigenvalue weighted by molar-refractivity contribution is 0.367. The Labute approximate surface area is 70.5 Å². The SMILES string of the molecule is COc1cc(O)c(OC)cc1N. The van der Waals surface area contributed by atoms with Crippen LogP contribution >= 0.6 is 0 Å². The normalized spacial score (nSPS) is 9.50. The molecule has 0 bridgehead atoms. The predicted octanol–water partition coefficient (Wildman–Crippen LogP) is 0.992. The van der Waals surface area contributed by atoms with Crippen molar-refractivity contribution in [3.8, 4) is 17.2 Å². The Balaban J connectivity index is 3.16. The van der Waals surface area contributed by atoms with E-state index in [-0.39, 0.29) is 5.75 Å². The standard InChI is InChI=1S/C8H11NO3/c1-11-7-4-6(10)8(12-2)3-5(7)9/h3-4,10H,9H2,1-2H3. The van der Waals surface area contributed by atoms with Crippen molar-refractivity contribution in [1.29, 1.82) is 0 Å². The van der Waals surface area contributed by atoms with Crippen LogP contribution in [-0.4, -0.2) is 19.3 Å². The number of phenolic OH excluding ortho intramolecular Hbond substituents is 1. The van der Waals surface area contributed by atoms with E-state index in [1.165, 1.54) is 26.4 Å². The van der Waals surface area contributed by atoms with Gasteiger partial charge in [0.25, 0.3) is 0 Å². The average Bonchev–Trinajstić information content (AvgIpc) is 2.08. The van der Waals surface area contributed by atoms with Crippen molar-refractivity contribution in [2.75, 3.05) is 20.0 Å². The van der Waals surface area contributed by atoms with E-state index in [1.807, 2.05) is 0 Å². The minimum atomic E-state index is 0.0172. The Morgan fingerprint density at radius 3 is 2.25 bits per heavy atom. The zero-order valence-corrected chi connectivity index (χ0v) is 7.00. The monoisotopic (exact) mass is 169 g/mol. The van der Waals surface area contributed by atoms with Gasteiger partial charge in [-0.15, -0.1) is 0 Å². The zero-order valence-electron chi connectivity index (χ0n) is 7.00. The summed E-state index contributed by atoms with van der Waals surface area (Å²) in [7, 11) is 2.94. The molecule has 1 aromatic carbocycles. The highest BCUT2D eigenvalue weighted by Crippen LogP contribution is 2.34. The Morgan fingerprint density at radius 2 is 1.75 bits per heavy atom. The van der Waals surface area contributed by atoms with Gasteiger partial charge in [0.15, 0.2) is 11.5 Å². The number of hydrogen-bond donors (Lipinski definition) is 2. The Kier molecular flexibility index (Phi) is 2.28. The van der Waals surface area contributed by atoms with Gasteiger partial charge in [0.2, 0.25) is 0 Å². The Bertz CT molecular complexity index is 256. The molecular weight excluding hydrogens is 158 g/mol. The van der Waals surface area contributed by atoms with E-state index in [1.54, 1.807) is 0 Å². The van der Waals surface area contributed by atoms with Crippen LogP contribution in [0.1, 0.15) is 0 Å². The fourth-order valence-corrected chi connectivity index (χ4v) is 0.905. The fourth-order valence-electron chi connectivity index (χ4n) is 0.905. The van der Waals surface area contributed by atoms with Crippen LogP contribution < -0.4 is 15.2 Å². The van der Waals surface area contributed by atoms with Crippen molar-refractivity contribution in [3.05, 3.63) is 12.1 Å². The van der Waals surface area contributed by atoms with Crippen LogP contribution in [0.15, 0.2) is 12.1 Å². The fraction of sp³-hybridized carbons (Fsp3) is 0.250. The Morgan fingerprint density at radius 1 is 1.17 bits per heavy atom. The van der Waals surface area contributed by atoms with Gasteiger partial charge in [-0.05, 0) is 0 Å². The largest absolute Gasteiger partial charge is 0.504 e. The quantitative estimate of drug-likeness (QED) is 0.512. The van der Waals surface area contributed by atoms with Gasteiger partial charge in [0, 0.05) is 12.1 Å². The third kappa shape index (κ3) is 1.37. The van der Waals surface area contributed by atoms with E-state index >= 15 is 0 Å². The number of phenols is 1. The molecule has 0 aliphatic rings. The van der Waals surface area contributed by atoms with Gasteiger partial charge in [-0.2, -0.15) is 0 Å². The van der Waals surface area contributed by atoms with Crippen molar-refractivity contribution in [1.82, 2.24) is 0 Å². The van der Waals surface area contributed by atoms with E-state index in [0.29, 0.717) is 17.2 Å². The van der Waals surface area contributed by atoms with Crippen LogP contribution in [0.25, 0.3) is 0 Å². The predicted molar refractivity (Wildman–Crippen MR) is 45.6 cm³/mol. The van der Waals surface area contributed by atoms with Gasteiger partial charge >= 0.3 is 0 Å². The van der Waals surface area contributed by atoms with E-state index in [0.717, 1.165) is 0 Å². The molecule has 0 radical (unpaired) electrons. The molecule has 0 amide bonds. The number of nitrogen functional groups attached to an aromatic ring is 1. The van der Waals surface area contributed by atoms with Gasteiger partial charge in [-0.3, -0.25) is 0 Å². The molecule has 4 heteroatoms. The van der Waals surface area contributed by atoms with Crippen LogP contribution in [0.4, 0.5) is 5.69 Å². The number of benzene rings is 1. The molecule has 66 valence electrons. The van der Waals surface area contributed by atoms with E-state index in [2.05, 4.69) is 0 Å². The summed E-state index contributed by atoms with van der Waals surface area (Å²) >= 11 is 0.